The Balaban J connectivity index is 1.78. The lowest BCUT2D eigenvalue weighted by molar-refractivity contribution is 0.0650. The van der Waals surface area contributed by atoms with Gasteiger partial charge in [-0.3, -0.25) is 4.40 Å². The molecule has 1 aliphatic carbocycles. The minimum absolute atomic E-state index is 0.402. The van der Waals surface area contributed by atoms with Crippen LogP contribution >= 0.6 is 0 Å². The zero-order valence-electron chi connectivity index (χ0n) is 11.4. The van der Waals surface area contributed by atoms with Gasteiger partial charge in [0.1, 0.15) is 5.82 Å². The summed E-state index contributed by atoms with van der Waals surface area (Å²) in [6, 6.07) is 2.03. The molecule has 4 rings (SSSR count). The third kappa shape index (κ3) is 1.71. The van der Waals surface area contributed by atoms with Crippen molar-refractivity contribution in [2.75, 3.05) is 7.11 Å². The second-order valence-corrected chi connectivity index (χ2v) is 5.43. The highest BCUT2D eigenvalue weighted by Crippen LogP contribution is 2.33. The van der Waals surface area contributed by atoms with Crippen LogP contribution in [0.4, 0.5) is 0 Å². The molecule has 6 heteroatoms. The predicted molar refractivity (Wildman–Crippen MR) is 74.6 cm³/mol. The molecule has 1 N–H and O–H groups in total. The van der Waals surface area contributed by atoms with E-state index in [0.717, 1.165) is 48.3 Å². The van der Waals surface area contributed by atoms with E-state index in [4.69, 9.17) is 4.74 Å². The Kier molecular flexibility index (Phi) is 2.70. The number of rotatable bonds is 2. The van der Waals surface area contributed by atoms with Crippen molar-refractivity contribution in [2.24, 2.45) is 0 Å². The fourth-order valence-corrected chi connectivity index (χ4v) is 3.22. The van der Waals surface area contributed by atoms with E-state index in [1.165, 1.54) is 0 Å². The SMILES string of the molecule is COC1CCC(c2nnc3cnc4[nH]ccc4n23)CC1. The van der Waals surface area contributed by atoms with Crippen molar-refractivity contribution in [1.29, 1.82) is 0 Å². The Labute approximate surface area is 116 Å². The number of ether oxygens (including phenoxy) is 1. The molecular weight excluding hydrogens is 254 g/mol. The molecule has 0 aromatic carbocycles. The number of H-pyrrole nitrogens is 1. The first-order valence-electron chi connectivity index (χ1n) is 7.06. The van der Waals surface area contributed by atoms with E-state index in [1.807, 2.05) is 12.3 Å². The molecule has 0 aliphatic heterocycles. The quantitative estimate of drug-likeness (QED) is 0.776. The molecule has 1 aliphatic rings. The van der Waals surface area contributed by atoms with Gasteiger partial charge in [-0.05, 0) is 31.7 Å². The van der Waals surface area contributed by atoms with E-state index in [9.17, 15) is 0 Å². The number of methoxy groups -OCH3 is 1. The van der Waals surface area contributed by atoms with Crippen LogP contribution < -0.4 is 0 Å². The zero-order valence-corrected chi connectivity index (χ0v) is 11.4. The summed E-state index contributed by atoms with van der Waals surface area (Å²) in [4.78, 5) is 7.49. The third-order valence-corrected chi connectivity index (χ3v) is 4.34. The van der Waals surface area contributed by atoms with Gasteiger partial charge >= 0.3 is 0 Å². The van der Waals surface area contributed by atoms with Crippen molar-refractivity contribution < 1.29 is 4.74 Å². The maximum absolute atomic E-state index is 5.44. The molecule has 0 amide bonds. The Morgan fingerprint density at radius 1 is 1.25 bits per heavy atom. The van der Waals surface area contributed by atoms with Crippen LogP contribution in [0.25, 0.3) is 16.8 Å². The molecule has 0 unspecified atom stereocenters. The highest BCUT2D eigenvalue weighted by atomic mass is 16.5. The molecule has 1 saturated carbocycles. The normalized spacial score (nSPS) is 23.6. The first-order chi connectivity index (χ1) is 9.86. The highest BCUT2D eigenvalue weighted by molar-refractivity contribution is 5.74. The number of hydrogen-bond acceptors (Lipinski definition) is 4. The van der Waals surface area contributed by atoms with Crippen LogP contribution in [0, 0.1) is 0 Å². The largest absolute Gasteiger partial charge is 0.381 e. The van der Waals surface area contributed by atoms with Gasteiger partial charge in [-0.25, -0.2) is 4.98 Å². The Morgan fingerprint density at radius 3 is 2.90 bits per heavy atom. The van der Waals surface area contributed by atoms with Gasteiger partial charge in [0, 0.05) is 19.2 Å². The summed E-state index contributed by atoms with van der Waals surface area (Å²) in [5.74, 6) is 1.51. The van der Waals surface area contributed by atoms with Crippen molar-refractivity contribution in [3.05, 3.63) is 24.3 Å². The standard InChI is InChI=1S/C14H17N5O/c1-20-10-4-2-9(3-5-10)14-18-17-12-8-16-13-11(19(12)14)6-7-15-13/h6-10,15H,2-5H2,1H3. The van der Waals surface area contributed by atoms with Crippen molar-refractivity contribution in [2.45, 2.75) is 37.7 Å². The third-order valence-electron chi connectivity index (χ3n) is 4.34. The van der Waals surface area contributed by atoms with Gasteiger partial charge in [-0.2, -0.15) is 0 Å². The van der Waals surface area contributed by atoms with E-state index >= 15 is 0 Å². The van der Waals surface area contributed by atoms with Gasteiger partial charge in [-0.1, -0.05) is 0 Å². The van der Waals surface area contributed by atoms with Crippen molar-refractivity contribution in [3.63, 3.8) is 0 Å². The lowest BCUT2D eigenvalue weighted by Gasteiger charge is -2.26. The monoisotopic (exact) mass is 271 g/mol. The number of fused-ring (bicyclic) bond motifs is 3. The molecule has 104 valence electrons. The number of nitrogens with one attached hydrogen (secondary N) is 1. The number of aromatic amines is 1. The van der Waals surface area contributed by atoms with Crippen molar-refractivity contribution in [3.8, 4) is 0 Å². The lowest BCUT2D eigenvalue weighted by Crippen LogP contribution is -2.20. The molecule has 3 heterocycles. The van der Waals surface area contributed by atoms with Crippen LogP contribution in [0.1, 0.15) is 37.4 Å². The number of aromatic nitrogens is 5. The number of hydrogen-bond donors (Lipinski definition) is 1. The molecular formula is C14H17N5O. The fourth-order valence-electron chi connectivity index (χ4n) is 3.22. The molecule has 6 nitrogen and oxygen atoms in total. The number of nitrogens with zero attached hydrogens (tertiary/aromatic N) is 4. The average Bonchev–Trinajstić information content (AvgIpc) is 3.13. The molecule has 3 aromatic rings. The molecule has 0 saturated heterocycles. The van der Waals surface area contributed by atoms with Gasteiger partial charge in [0.15, 0.2) is 11.3 Å². The summed E-state index contributed by atoms with van der Waals surface area (Å²) in [5.41, 5.74) is 2.75. The summed E-state index contributed by atoms with van der Waals surface area (Å²) in [5, 5.41) is 8.69. The first-order valence-corrected chi connectivity index (χ1v) is 7.06. The molecule has 1 fully saturated rings. The Hall–Kier alpha value is -1.95. The zero-order chi connectivity index (χ0) is 13.5. The molecule has 20 heavy (non-hydrogen) atoms. The summed E-state index contributed by atoms with van der Waals surface area (Å²) in [6.07, 6.45) is 8.48. The van der Waals surface area contributed by atoms with Crippen molar-refractivity contribution in [1.82, 2.24) is 24.6 Å². The average molecular weight is 271 g/mol. The van der Waals surface area contributed by atoms with E-state index in [2.05, 4.69) is 24.6 Å². The van der Waals surface area contributed by atoms with E-state index in [1.54, 1.807) is 13.3 Å². The van der Waals surface area contributed by atoms with Crippen LogP contribution in [-0.2, 0) is 4.74 Å². The maximum Gasteiger partial charge on any atom is 0.179 e. The van der Waals surface area contributed by atoms with Gasteiger partial charge in [0.2, 0.25) is 0 Å². The van der Waals surface area contributed by atoms with Gasteiger partial charge in [-0.15, -0.1) is 10.2 Å². The highest BCUT2D eigenvalue weighted by Gasteiger charge is 2.26. The van der Waals surface area contributed by atoms with E-state index in [-0.39, 0.29) is 0 Å². The smallest absolute Gasteiger partial charge is 0.179 e. The summed E-state index contributed by atoms with van der Waals surface area (Å²) in [6.45, 7) is 0. The molecule has 0 radical (unpaired) electrons. The predicted octanol–water partition coefficient (Wildman–Crippen LogP) is 2.28. The first kappa shape index (κ1) is 11.8. The minimum atomic E-state index is 0.402. The van der Waals surface area contributed by atoms with Gasteiger partial charge in [0.05, 0.1) is 17.8 Å². The minimum Gasteiger partial charge on any atom is -0.381 e. The maximum atomic E-state index is 5.44. The fraction of sp³-hybridized carbons (Fsp3) is 0.500. The lowest BCUT2D eigenvalue weighted by atomic mass is 9.87. The molecule has 3 aromatic heterocycles. The summed E-state index contributed by atoms with van der Waals surface area (Å²) in [7, 11) is 1.80. The van der Waals surface area contributed by atoms with Crippen molar-refractivity contribution >= 4 is 16.8 Å². The van der Waals surface area contributed by atoms with Gasteiger partial charge in [0.25, 0.3) is 0 Å². The second kappa shape index (κ2) is 4.56. The second-order valence-electron chi connectivity index (χ2n) is 5.43. The van der Waals surface area contributed by atoms with Crippen LogP contribution in [-0.4, -0.2) is 37.8 Å². The molecule has 0 atom stereocenters. The topological polar surface area (TPSA) is 68.1 Å². The Bertz CT molecular complexity index is 738. The van der Waals surface area contributed by atoms with Crippen LogP contribution in [0.3, 0.4) is 0 Å². The summed E-state index contributed by atoms with van der Waals surface area (Å²) >= 11 is 0. The van der Waals surface area contributed by atoms with Crippen LogP contribution in [0.2, 0.25) is 0 Å². The molecule has 0 spiro atoms. The molecule has 0 bridgehead atoms. The van der Waals surface area contributed by atoms with Crippen LogP contribution in [0.15, 0.2) is 18.5 Å². The Morgan fingerprint density at radius 2 is 2.10 bits per heavy atom. The van der Waals surface area contributed by atoms with E-state index < -0.39 is 0 Å². The summed E-state index contributed by atoms with van der Waals surface area (Å²) < 4.78 is 7.58. The van der Waals surface area contributed by atoms with Gasteiger partial charge < -0.3 is 9.72 Å². The van der Waals surface area contributed by atoms with E-state index in [0.29, 0.717) is 12.0 Å². The van der Waals surface area contributed by atoms with Crippen LogP contribution in [0.5, 0.6) is 0 Å².